The van der Waals surface area contributed by atoms with E-state index in [1.54, 1.807) is 0 Å². The van der Waals surface area contributed by atoms with Gasteiger partial charge in [0, 0.05) is 23.5 Å². The second-order valence-electron chi connectivity index (χ2n) is 4.91. The van der Waals surface area contributed by atoms with E-state index in [4.69, 9.17) is 4.42 Å². The standard InChI is InChI=1S/C14H17NO/c1-10-6-12(7-10)15-8-11-9-16-14-5-3-2-4-13(11)14/h2-5,9-10,12,15H,6-8H2,1H3. The Labute approximate surface area is 95.6 Å². The maximum Gasteiger partial charge on any atom is 0.134 e. The number of hydrogen-bond donors (Lipinski definition) is 1. The van der Waals surface area contributed by atoms with Gasteiger partial charge < -0.3 is 9.73 Å². The van der Waals surface area contributed by atoms with E-state index in [-0.39, 0.29) is 0 Å². The van der Waals surface area contributed by atoms with Gasteiger partial charge in [-0.05, 0) is 24.8 Å². The van der Waals surface area contributed by atoms with E-state index >= 15 is 0 Å². The molecule has 0 aliphatic heterocycles. The third kappa shape index (κ3) is 1.74. The molecule has 1 N–H and O–H groups in total. The highest BCUT2D eigenvalue weighted by Crippen LogP contribution is 2.27. The molecule has 0 unspecified atom stereocenters. The molecule has 2 heteroatoms. The molecular weight excluding hydrogens is 198 g/mol. The lowest BCUT2D eigenvalue weighted by Crippen LogP contribution is -2.39. The molecule has 16 heavy (non-hydrogen) atoms. The summed E-state index contributed by atoms with van der Waals surface area (Å²) < 4.78 is 5.51. The molecule has 0 saturated heterocycles. The number of furan rings is 1. The topological polar surface area (TPSA) is 25.2 Å². The number of nitrogens with one attached hydrogen (secondary N) is 1. The van der Waals surface area contributed by atoms with Crippen LogP contribution in [-0.2, 0) is 6.54 Å². The highest BCUT2D eigenvalue weighted by Gasteiger charge is 2.24. The molecule has 1 fully saturated rings. The van der Waals surface area contributed by atoms with Crippen LogP contribution in [0.3, 0.4) is 0 Å². The van der Waals surface area contributed by atoms with Crippen molar-refractivity contribution in [3.8, 4) is 0 Å². The van der Waals surface area contributed by atoms with Crippen molar-refractivity contribution in [2.24, 2.45) is 5.92 Å². The van der Waals surface area contributed by atoms with E-state index in [0.29, 0.717) is 6.04 Å². The summed E-state index contributed by atoms with van der Waals surface area (Å²) in [7, 11) is 0. The summed E-state index contributed by atoms with van der Waals surface area (Å²) in [5, 5.41) is 4.82. The lowest BCUT2D eigenvalue weighted by Gasteiger charge is -2.33. The lowest BCUT2D eigenvalue weighted by atomic mass is 9.82. The quantitative estimate of drug-likeness (QED) is 0.849. The number of hydrogen-bond acceptors (Lipinski definition) is 2. The van der Waals surface area contributed by atoms with Crippen molar-refractivity contribution in [2.75, 3.05) is 0 Å². The highest BCUT2D eigenvalue weighted by atomic mass is 16.3. The van der Waals surface area contributed by atoms with Crippen LogP contribution in [0.2, 0.25) is 0 Å². The highest BCUT2D eigenvalue weighted by molar-refractivity contribution is 5.80. The summed E-state index contributed by atoms with van der Waals surface area (Å²) in [6, 6.07) is 8.93. The SMILES string of the molecule is CC1CC(NCc2coc3ccccc23)C1. The molecule has 84 valence electrons. The summed E-state index contributed by atoms with van der Waals surface area (Å²) in [5.41, 5.74) is 2.26. The van der Waals surface area contributed by atoms with Crippen LogP contribution in [-0.4, -0.2) is 6.04 Å². The molecule has 0 spiro atoms. The van der Waals surface area contributed by atoms with Crippen molar-refractivity contribution in [2.45, 2.75) is 32.4 Å². The first-order valence-electron chi connectivity index (χ1n) is 6.01. The first-order chi connectivity index (χ1) is 7.83. The molecule has 0 bridgehead atoms. The summed E-state index contributed by atoms with van der Waals surface area (Å²) in [6.45, 7) is 3.24. The van der Waals surface area contributed by atoms with Crippen molar-refractivity contribution in [3.63, 3.8) is 0 Å². The predicted octanol–water partition coefficient (Wildman–Crippen LogP) is 3.32. The molecule has 1 heterocycles. The molecule has 2 aromatic rings. The lowest BCUT2D eigenvalue weighted by molar-refractivity contribution is 0.240. The maximum atomic E-state index is 5.51. The third-order valence-electron chi connectivity index (χ3n) is 3.52. The fourth-order valence-electron chi connectivity index (χ4n) is 2.49. The van der Waals surface area contributed by atoms with Crippen molar-refractivity contribution >= 4 is 11.0 Å². The van der Waals surface area contributed by atoms with E-state index in [0.717, 1.165) is 18.0 Å². The molecule has 3 rings (SSSR count). The number of para-hydroxylation sites is 1. The van der Waals surface area contributed by atoms with Gasteiger partial charge in [0.1, 0.15) is 5.58 Å². The normalized spacial score (nSPS) is 24.6. The predicted molar refractivity (Wildman–Crippen MR) is 65.2 cm³/mol. The monoisotopic (exact) mass is 215 g/mol. The van der Waals surface area contributed by atoms with Gasteiger partial charge >= 0.3 is 0 Å². The van der Waals surface area contributed by atoms with Gasteiger partial charge in [-0.2, -0.15) is 0 Å². The Balaban J connectivity index is 1.70. The van der Waals surface area contributed by atoms with Crippen LogP contribution in [0, 0.1) is 5.92 Å². The molecular formula is C14H17NO. The van der Waals surface area contributed by atoms with Crippen LogP contribution < -0.4 is 5.32 Å². The van der Waals surface area contributed by atoms with E-state index in [1.807, 2.05) is 18.4 Å². The zero-order chi connectivity index (χ0) is 11.0. The zero-order valence-electron chi connectivity index (χ0n) is 9.57. The molecule has 1 aliphatic carbocycles. The summed E-state index contributed by atoms with van der Waals surface area (Å²) in [4.78, 5) is 0. The molecule has 0 atom stereocenters. The van der Waals surface area contributed by atoms with Crippen LogP contribution in [0.5, 0.6) is 0 Å². The van der Waals surface area contributed by atoms with Crippen LogP contribution in [0.4, 0.5) is 0 Å². The maximum absolute atomic E-state index is 5.51. The first-order valence-corrected chi connectivity index (χ1v) is 6.01. The van der Waals surface area contributed by atoms with Gasteiger partial charge in [-0.1, -0.05) is 25.1 Å². The largest absolute Gasteiger partial charge is 0.464 e. The van der Waals surface area contributed by atoms with Crippen molar-refractivity contribution in [3.05, 3.63) is 36.1 Å². The van der Waals surface area contributed by atoms with E-state index < -0.39 is 0 Å². The van der Waals surface area contributed by atoms with Crippen LogP contribution in [0.15, 0.2) is 34.9 Å². The molecule has 1 aliphatic rings. The molecule has 1 aromatic carbocycles. The van der Waals surface area contributed by atoms with Crippen LogP contribution >= 0.6 is 0 Å². The van der Waals surface area contributed by atoms with Gasteiger partial charge in [0.05, 0.1) is 6.26 Å². The summed E-state index contributed by atoms with van der Waals surface area (Å²) in [6.07, 6.45) is 4.51. The van der Waals surface area contributed by atoms with Crippen molar-refractivity contribution < 1.29 is 4.42 Å². The fourth-order valence-corrected chi connectivity index (χ4v) is 2.49. The molecule has 0 amide bonds. The van der Waals surface area contributed by atoms with Crippen LogP contribution in [0.1, 0.15) is 25.3 Å². The van der Waals surface area contributed by atoms with E-state index in [9.17, 15) is 0 Å². The van der Waals surface area contributed by atoms with Gasteiger partial charge in [-0.25, -0.2) is 0 Å². The van der Waals surface area contributed by atoms with Gasteiger partial charge in [0.15, 0.2) is 0 Å². The zero-order valence-corrected chi connectivity index (χ0v) is 9.57. The van der Waals surface area contributed by atoms with Gasteiger partial charge in [-0.15, -0.1) is 0 Å². The smallest absolute Gasteiger partial charge is 0.134 e. The Hall–Kier alpha value is -1.28. The minimum absolute atomic E-state index is 0.712. The summed E-state index contributed by atoms with van der Waals surface area (Å²) in [5.74, 6) is 0.901. The minimum Gasteiger partial charge on any atom is -0.464 e. The number of rotatable bonds is 3. The second-order valence-corrected chi connectivity index (χ2v) is 4.91. The first kappa shape index (κ1) is 9.91. The fraction of sp³-hybridized carbons (Fsp3) is 0.429. The Morgan fingerprint density at radius 1 is 1.31 bits per heavy atom. The Bertz CT molecular complexity index is 482. The van der Waals surface area contributed by atoms with Crippen molar-refractivity contribution in [1.29, 1.82) is 0 Å². The Morgan fingerprint density at radius 3 is 2.94 bits per heavy atom. The third-order valence-corrected chi connectivity index (χ3v) is 3.52. The Morgan fingerprint density at radius 2 is 2.12 bits per heavy atom. The van der Waals surface area contributed by atoms with E-state index in [1.165, 1.54) is 23.8 Å². The Kier molecular flexibility index (Phi) is 2.44. The van der Waals surface area contributed by atoms with Gasteiger partial charge in [0.2, 0.25) is 0 Å². The molecule has 0 radical (unpaired) electrons. The average molecular weight is 215 g/mol. The van der Waals surface area contributed by atoms with Crippen molar-refractivity contribution in [1.82, 2.24) is 5.32 Å². The second kappa shape index (κ2) is 3.95. The molecule has 1 saturated carbocycles. The van der Waals surface area contributed by atoms with Gasteiger partial charge in [0.25, 0.3) is 0 Å². The van der Waals surface area contributed by atoms with Gasteiger partial charge in [-0.3, -0.25) is 0 Å². The average Bonchev–Trinajstić information content (AvgIpc) is 2.66. The number of benzene rings is 1. The number of fused-ring (bicyclic) bond motifs is 1. The minimum atomic E-state index is 0.712. The van der Waals surface area contributed by atoms with Crippen LogP contribution in [0.25, 0.3) is 11.0 Å². The molecule has 2 nitrogen and oxygen atoms in total. The van der Waals surface area contributed by atoms with E-state index in [2.05, 4.69) is 24.4 Å². The summed E-state index contributed by atoms with van der Waals surface area (Å²) >= 11 is 0. The molecule has 1 aromatic heterocycles.